The molecule has 4 rings (SSSR count). The molecular formula is C26H20Cl2N2O3. The number of nitriles is 1. The smallest absolute Gasteiger partial charge is 0.174 e. The second kappa shape index (κ2) is 10.4. The molecule has 0 fully saturated rings. The van der Waals surface area contributed by atoms with Crippen molar-refractivity contribution in [3.05, 3.63) is 93.6 Å². The van der Waals surface area contributed by atoms with Gasteiger partial charge in [0.1, 0.15) is 36.5 Å². The summed E-state index contributed by atoms with van der Waals surface area (Å²) in [5, 5.41) is 10.7. The van der Waals surface area contributed by atoms with Gasteiger partial charge in [0.2, 0.25) is 0 Å². The molecule has 33 heavy (non-hydrogen) atoms. The van der Waals surface area contributed by atoms with Crippen molar-refractivity contribution in [1.29, 1.82) is 5.26 Å². The van der Waals surface area contributed by atoms with Gasteiger partial charge in [-0.25, -0.2) is 4.98 Å². The van der Waals surface area contributed by atoms with Gasteiger partial charge in [-0.15, -0.1) is 0 Å². The molecule has 0 N–H and O–H groups in total. The van der Waals surface area contributed by atoms with Crippen LogP contribution in [0.1, 0.15) is 16.8 Å². The molecule has 0 aliphatic heterocycles. The molecule has 0 aliphatic carbocycles. The Hall–Kier alpha value is -3.46. The van der Waals surface area contributed by atoms with Crippen molar-refractivity contribution in [2.45, 2.75) is 20.1 Å². The summed E-state index contributed by atoms with van der Waals surface area (Å²) in [5.41, 5.74) is 3.35. The van der Waals surface area contributed by atoms with E-state index in [0.29, 0.717) is 40.5 Å². The van der Waals surface area contributed by atoms with Gasteiger partial charge in [0.25, 0.3) is 0 Å². The molecule has 3 aromatic carbocycles. The minimum atomic E-state index is -0.0107. The van der Waals surface area contributed by atoms with Crippen molar-refractivity contribution in [3.63, 3.8) is 0 Å². The molecule has 0 amide bonds. The SMILES string of the molecule is Cc1cccc(COc2cccc(OCc3ccc4cc(Cl)c(Cl)cc4n3)c2)c1OCC#N. The third-order valence-corrected chi connectivity index (χ3v) is 5.67. The maximum absolute atomic E-state index is 8.82. The maximum atomic E-state index is 8.82. The van der Waals surface area contributed by atoms with Crippen molar-refractivity contribution in [2.24, 2.45) is 0 Å². The van der Waals surface area contributed by atoms with Gasteiger partial charge in [-0.3, -0.25) is 0 Å². The predicted octanol–water partition coefficient (Wildman–Crippen LogP) is 6.91. The van der Waals surface area contributed by atoms with Crippen molar-refractivity contribution < 1.29 is 14.2 Å². The fraction of sp³-hybridized carbons (Fsp3) is 0.154. The zero-order valence-corrected chi connectivity index (χ0v) is 19.4. The van der Waals surface area contributed by atoms with E-state index in [1.807, 2.05) is 67.6 Å². The van der Waals surface area contributed by atoms with E-state index in [1.165, 1.54) is 0 Å². The summed E-state index contributed by atoms with van der Waals surface area (Å²) in [5.74, 6) is 2.00. The molecule has 0 aliphatic rings. The van der Waals surface area contributed by atoms with Gasteiger partial charge in [0, 0.05) is 17.0 Å². The molecule has 0 atom stereocenters. The minimum absolute atomic E-state index is 0.0107. The van der Waals surface area contributed by atoms with Crippen molar-refractivity contribution in [2.75, 3.05) is 6.61 Å². The van der Waals surface area contributed by atoms with Gasteiger partial charge in [-0.05, 0) is 42.8 Å². The number of ether oxygens (including phenoxy) is 3. The van der Waals surface area contributed by atoms with E-state index in [0.717, 1.165) is 27.7 Å². The van der Waals surface area contributed by atoms with Crippen LogP contribution in [0.2, 0.25) is 10.0 Å². The average molecular weight is 479 g/mol. The first-order valence-electron chi connectivity index (χ1n) is 10.2. The van der Waals surface area contributed by atoms with Crippen LogP contribution in [-0.4, -0.2) is 11.6 Å². The number of fused-ring (bicyclic) bond motifs is 1. The Labute approximate surface area is 202 Å². The topological polar surface area (TPSA) is 64.4 Å². The summed E-state index contributed by atoms with van der Waals surface area (Å²) in [6.07, 6.45) is 0. The van der Waals surface area contributed by atoms with Gasteiger partial charge >= 0.3 is 0 Å². The first-order chi connectivity index (χ1) is 16.0. The summed E-state index contributed by atoms with van der Waals surface area (Å²) in [4.78, 5) is 4.60. The summed E-state index contributed by atoms with van der Waals surface area (Å²) in [6, 6.07) is 22.6. The Morgan fingerprint density at radius 3 is 2.36 bits per heavy atom. The Morgan fingerprint density at radius 2 is 1.58 bits per heavy atom. The Kier molecular flexibility index (Phi) is 7.19. The van der Waals surface area contributed by atoms with Crippen molar-refractivity contribution in [3.8, 4) is 23.3 Å². The average Bonchev–Trinajstić information content (AvgIpc) is 2.82. The molecule has 1 aromatic heterocycles. The van der Waals surface area contributed by atoms with E-state index in [1.54, 1.807) is 12.1 Å². The zero-order valence-electron chi connectivity index (χ0n) is 17.8. The van der Waals surface area contributed by atoms with E-state index in [-0.39, 0.29) is 6.61 Å². The highest BCUT2D eigenvalue weighted by Crippen LogP contribution is 2.28. The summed E-state index contributed by atoms with van der Waals surface area (Å²) >= 11 is 12.2. The molecule has 7 heteroatoms. The summed E-state index contributed by atoms with van der Waals surface area (Å²) in [6.45, 7) is 2.53. The van der Waals surface area contributed by atoms with E-state index < -0.39 is 0 Å². The van der Waals surface area contributed by atoms with E-state index in [9.17, 15) is 0 Å². The molecule has 166 valence electrons. The van der Waals surface area contributed by atoms with Crippen LogP contribution in [0, 0.1) is 18.3 Å². The van der Waals surface area contributed by atoms with Crippen LogP contribution in [0.25, 0.3) is 10.9 Å². The van der Waals surface area contributed by atoms with Gasteiger partial charge in [-0.2, -0.15) is 5.26 Å². The van der Waals surface area contributed by atoms with Crippen LogP contribution in [0.15, 0.2) is 66.7 Å². The quantitative estimate of drug-likeness (QED) is 0.275. The van der Waals surface area contributed by atoms with E-state index in [4.69, 9.17) is 42.7 Å². The van der Waals surface area contributed by atoms with Gasteiger partial charge in [-0.1, -0.05) is 53.5 Å². The first-order valence-corrected chi connectivity index (χ1v) is 11.0. The summed E-state index contributed by atoms with van der Waals surface area (Å²) in [7, 11) is 0. The number of benzene rings is 3. The number of para-hydroxylation sites is 1. The highest BCUT2D eigenvalue weighted by Gasteiger charge is 2.09. The summed E-state index contributed by atoms with van der Waals surface area (Å²) < 4.78 is 17.5. The molecular weight excluding hydrogens is 459 g/mol. The number of aromatic nitrogens is 1. The van der Waals surface area contributed by atoms with Crippen LogP contribution < -0.4 is 14.2 Å². The fourth-order valence-electron chi connectivity index (χ4n) is 3.35. The van der Waals surface area contributed by atoms with Crippen LogP contribution in [0.5, 0.6) is 17.2 Å². The number of rotatable bonds is 8. The molecule has 0 unspecified atom stereocenters. The minimum Gasteiger partial charge on any atom is -0.489 e. The lowest BCUT2D eigenvalue weighted by Gasteiger charge is -2.14. The van der Waals surface area contributed by atoms with Crippen LogP contribution in [-0.2, 0) is 13.2 Å². The number of hydrogen-bond donors (Lipinski definition) is 0. The number of hydrogen-bond acceptors (Lipinski definition) is 5. The third kappa shape index (κ3) is 5.67. The van der Waals surface area contributed by atoms with Crippen LogP contribution in [0.3, 0.4) is 0 Å². The van der Waals surface area contributed by atoms with Crippen LogP contribution in [0.4, 0.5) is 0 Å². The zero-order chi connectivity index (χ0) is 23.2. The second-order valence-electron chi connectivity index (χ2n) is 7.32. The molecule has 0 spiro atoms. The lowest BCUT2D eigenvalue weighted by molar-refractivity contribution is 0.281. The van der Waals surface area contributed by atoms with E-state index >= 15 is 0 Å². The standard InChI is InChI=1S/C26H20Cl2N2O3/c1-17-4-2-5-19(26(17)31-11-10-29)15-32-21-6-3-7-22(13-21)33-16-20-9-8-18-12-23(27)24(28)14-25(18)30-20/h2-9,12-14H,11,15-16H2,1H3. The number of pyridine rings is 1. The largest absolute Gasteiger partial charge is 0.489 e. The van der Waals surface area contributed by atoms with Gasteiger partial charge in [0.05, 0.1) is 21.3 Å². The molecule has 0 saturated carbocycles. The Balaban J connectivity index is 1.42. The Morgan fingerprint density at radius 1 is 0.848 bits per heavy atom. The van der Waals surface area contributed by atoms with Gasteiger partial charge in [0.15, 0.2) is 6.61 Å². The number of halogens is 2. The van der Waals surface area contributed by atoms with Crippen molar-refractivity contribution in [1.82, 2.24) is 4.98 Å². The third-order valence-electron chi connectivity index (χ3n) is 4.95. The number of nitrogens with zero attached hydrogens (tertiary/aromatic N) is 2. The second-order valence-corrected chi connectivity index (χ2v) is 8.14. The Bertz CT molecular complexity index is 1340. The predicted molar refractivity (Wildman–Crippen MR) is 129 cm³/mol. The fourth-order valence-corrected chi connectivity index (χ4v) is 3.68. The lowest BCUT2D eigenvalue weighted by atomic mass is 10.1. The van der Waals surface area contributed by atoms with Crippen molar-refractivity contribution >= 4 is 34.1 Å². The lowest BCUT2D eigenvalue weighted by Crippen LogP contribution is -2.03. The first kappa shape index (κ1) is 22.7. The number of aryl methyl sites for hydroxylation is 1. The highest BCUT2D eigenvalue weighted by molar-refractivity contribution is 6.42. The highest BCUT2D eigenvalue weighted by atomic mass is 35.5. The molecule has 4 aromatic rings. The molecule has 0 radical (unpaired) electrons. The molecule has 0 saturated heterocycles. The molecule has 0 bridgehead atoms. The monoisotopic (exact) mass is 478 g/mol. The van der Waals surface area contributed by atoms with Crippen LogP contribution >= 0.6 is 23.2 Å². The van der Waals surface area contributed by atoms with E-state index in [2.05, 4.69) is 4.98 Å². The molecule has 5 nitrogen and oxygen atoms in total. The molecule has 1 heterocycles. The van der Waals surface area contributed by atoms with Gasteiger partial charge < -0.3 is 14.2 Å². The normalized spacial score (nSPS) is 10.6. The maximum Gasteiger partial charge on any atom is 0.174 e.